The lowest BCUT2D eigenvalue weighted by atomic mass is 10.5. The quantitative estimate of drug-likeness (QED) is 0.750. The molecule has 0 fully saturated rings. The van der Waals surface area contributed by atoms with Crippen LogP contribution in [0.15, 0.2) is 12.4 Å². The van der Waals surface area contributed by atoms with Gasteiger partial charge in [0.05, 0.1) is 19.0 Å². The number of carbonyl (C=O) groups is 1. The highest BCUT2D eigenvalue weighted by molar-refractivity contribution is 6.29. The lowest BCUT2D eigenvalue weighted by molar-refractivity contribution is -0.143. The number of nitrogens with zero attached hydrogens (tertiary/aromatic N) is 4. The van der Waals surface area contributed by atoms with E-state index in [4.69, 9.17) is 16.3 Å². The van der Waals surface area contributed by atoms with Crippen molar-refractivity contribution < 1.29 is 9.53 Å². The van der Waals surface area contributed by atoms with Gasteiger partial charge in [0.2, 0.25) is 0 Å². The van der Waals surface area contributed by atoms with Gasteiger partial charge in [-0.1, -0.05) is 11.6 Å². The molecular weight excluding hydrogens is 232 g/mol. The highest BCUT2D eigenvalue weighted by Gasteiger charge is 2.10. The van der Waals surface area contributed by atoms with Crippen molar-refractivity contribution in [2.24, 2.45) is 0 Å². The predicted octanol–water partition coefficient (Wildman–Crippen LogP) is 1.04. The van der Waals surface area contributed by atoms with Crippen molar-refractivity contribution in [2.75, 3.05) is 6.61 Å². The molecule has 2 heterocycles. The van der Waals surface area contributed by atoms with Crippen molar-refractivity contribution >= 4 is 28.7 Å². The van der Waals surface area contributed by atoms with Crippen LogP contribution in [0, 0.1) is 0 Å². The van der Waals surface area contributed by atoms with Crippen molar-refractivity contribution in [1.29, 1.82) is 0 Å². The van der Waals surface area contributed by atoms with Crippen molar-refractivity contribution in [3.05, 3.63) is 17.5 Å². The van der Waals surface area contributed by atoms with Gasteiger partial charge in [0, 0.05) is 0 Å². The summed E-state index contributed by atoms with van der Waals surface area (Å²) in [5.41, 5.74) is 1.06. The van der Waals surface area contributed by atoms with E-state index in [1.165, 1.54) is 17.1 Å². The largest absolute Gasteiger partial charge is 0.465 e. The number of ether oxygens (including phenoxy) is 1. The number of hydrogen-bond donors (Lipinski definition) is 0. The van der Waals surface area contributed by atoms with E-state index in [2.05, 4.69) is 15.1 Å². The first-order valence-corrected chi connectivity index (χ1v) is 5.08. The van der Waals surface area contributed by atoms with Crippen LogP contribution < -0.4 is 0 Å². The Labute approximate surface area is 96.2 Å². The number of hydrogen-bond acceptors (Lipinski definition) is 5. The van der Waals surface area contributed by atoms with Gasteiger partial charge in [0.25, 0.3) is 0 Å². The fourth-order valence-corrected chi connectivity index (χ4v) is 1.40. The smallest absolute Gasteiger partial charge is 0.327 e. The molecule has 0 saturated carbocycles. The number of halogens is 1. The minimum absolute atomic E-state index is 0.00631. The van der Waals surface area contributed by atoms with Crippen molar-refractivity contribution in [2.45, 2.75) is 13.5 Å². The summed E-state index contributed by atoms with van der Waals surface area (Å²) in [7, 11) is 0. The predicted molar refractivity (Wildman–Crippen MR) is 57.0 cm³/mol. The zero-order valence-corrected chi connectivity index (χ0v) is 9.31. The molecule has 2 aromatic heterocycles. The number of carbonyl (C=O) groups excluding carboxylic acids is 1. The Kier molecular flexibility index (Phi) is 3.00. The molecule has 84 valence electrons. The summed E-state index contributed by atoms with van der Waals surface area (Å²) in [4.78, 5) is 19.3. The van der Waals surface area contributed by atoms with Crippen LogP contribution in [0.3, 0.4) is 0 Å². The average molecular weight is 241 g/mol. The van der Waals surface area contributed by atoms with Gasteiger partial charge >= 0.3 is 5.97 Å². The molecular formula is C9H9ClN4O2. The molecule has 6 nitrogen and oxygen atoms in total. The van der Waals surface area contributed by atoms with Crippen LogP contribution >= 0.6 is 11.6 Å². The molecule has 0 unspecified atom stereocenters. The Hall–Kier alpha value is -1.69. The molecule has 2 aromatic rings. The Bertz CT molecular complexity index is 525. The second-order valence-corrected chi connectivity index (χ2v) is 3.40. The Balaban J connectivity index is 2.30. The minimum atomic E-state index is -0.366. The molecule has 7 heteroatoms. The normalized spacial score (nSPS) is 10.6. The number of fused-ring (bicyclic) bond motifs is 1. The highest BCUT2D eigenvalue weighted by atomic mass is 35.5. The second kappa shape index (κ2) is 4.44. The second-order valence-electron chi connectivity index (χ2n) is 3.01. The minimum Gasteiger partial charge on any atom is -0.465 e. The summed E-state index contributed by atoms with van der Waals surface area (Å²) >= 11 is 5.71. The number of rotatable bonds is 3. The number of esters is 1. The fraction of sp³-hybridized carbons (Fsp3) is 0.333. The fourth-order valence-electron chi connectivity index (χ4n) is 1.27. The van der Waals surface area contributed by atoms with E-state index in [9.17, 15) is 4.79 Å². The lowest BCUT2D eigenvalue weighted by Crippen LogP contribution is -2.14. The van der Waals surface area contributed by atoms with Gasteiger partial charge in [0.15, 0.2) is 5.65 Å². The summed E-state index contributed by atoms with van der Waals surface area (Å²) in [6, 6.07) is 0. The van der Waals surface area contributed by atoms with E-state index < -0.39 is 0 Å². The molecule has 16 heavy (non-hydrogen) atoms. The monoisotopic (exact) mass is 240 g/mol. The van der Waals surface area contributed by atoms with E-state index in [1.54, 1.807) is 6.92 Å². The Morgan fingerprint density at radius 2 is 2.38 bits per heavy atom. The van der Waals surface area contributed by atoms with Crippen LogP contribution in [0.4, 0.5) is 0 Å². The van der Waals surface area contributed by atoms with E-state index in [1.807, 2.05) is 0 Å². The molecule has 0 N–H and O–H groups in total. The SMILES string of the molecule is CCOC(=O)Cn1ncc2ncc(Cl)nc21. The third kappa shape index (κ3) is 2.11. The van der Waals surface area contributed by atoms with Gasteiger partial charge in [0.1, 0.15) is 17.2 Å². The topological polar surface area (TPSA) is 69.9 Å². The standard InChI is InChI=1S/C9H9ClN4O2/c1-2-16-8(15)5-14-9-6(3-12-14)11-4-7(10)13-9/h3-4H,2,5H2,1H3. The van der Waals surface area contributed by atoms with E-state index >= 15 is 0 Å². The maximum atomic E-state index is 11.3. The average Bonchev–Trinajstić information content (AvgIpc) is 2.61. The van der Waals surface area contributed by atoms with Crippen LogP contribution in [0.5, 0.6) is 0 Å². The molecule has 0 aliphatic rings. The van der Waals surface area contributed by atoms with Crippen LogP contribution in [0.2, 0.25) is 5.15 Å². The van der Waals surface area contributed by atoms with Crippen LogP contribution in [0.1, 0.15) is 6.92 Å². The third-order valence-corrected chi connectivity index (χ3v) is 2.08. The highest BCUT2D eigenvalue weighted by Crippen LogP contribution is 2.11. The summed E-state index contributed by atoms with van der Waals surface area (Å²) in [5, 5.41) is 4.25. The molecule has 0 atom stereocenters. The zero-order chi connectivity index (χ0) is 11.5. The third-order valence-electron chi connectivity index (χ3n) is 1.90. The van der Waals surface area contributed by atoms with Gasteiger partial charge in [-0.2, -0.15) is 5.10 Å². The molecule has 0 aliphatic heterocycles. The van der Waals surface area contributed by atoms with E-state index in [0.29, 0.717) is 17.8 Å². The number of aromatic nitrogens is 4. The lowest BCUT2D eigenvalue weighted by Gasteiger charge is -2.02. The van der Waals surface area contributed by atoms with Crippen LogP contribution in [0.25, 0.3) is 11.2 Å². The molecule has 0 spiro atoms. The van der Waals surface area contributed by atoms with Gasteiger partial charge in [-0.05, 0) is 6.92 Å². The van der Waals surface area contributed by atoms with Gasteiger partial charge in [-0.15, -0.1) is 0 Å². The molecule has 0 aliphatic carbocycles. The van der Waals surface area contributed by atoms with Crippen molar-refractivity contribution in [3.8, 4) is 0 Å². The van der Waals surface area contributed by atoms with Gasteiger partial charge in [-0.25, -0.2) is 14.6 Å². The Morgan fingerprint density at radius 3 is 3.12 bits per heavy atom. The van der Waals surface area contributed by atoms with E-state index in [-0.39, 0.29) is 17.7 Å². The van der Waals surface area contributed by atoms with E-state index in [0.717, 1.165) is 0 Å². The summed E-state index contributed by atoms with van der Waals surface area (Å²) < 4.78 is 6.22. The first-order valence-electron chi connectivity index (χ1n) is 4.70. The first kappa shape index (κ1) is 10.8. The molecule has 0 saturated heterocycles. The summed E-state index contributed by atoms with van der Waals surface area (Å²) in [5.74, 6) is -0.366. The molecule has 0 radical (unpaired) electrons. The van der Waals surface area contributed by atoms with Gasteiger partial charge < -0.3 is 4.74 Å². The molecule has 0 aromatic carbocycles. The maximum absolute atomic E-state index is 11.3. The van der Waals surface area contributed by atoms with Crippen molar-refractivity contribution in [1.82, 2.24) is 19.7 Å². The first-order chi connectivity index (χ1) is 7.70. The van der Waals surface area contributed by atoms with Crippen LogP contribution in [-0.4, -0.2) is 32.3 Å². The molecule has 0 amide bonds. The van der Waals surface area contributed by atoms with Crippen molar-refractivity contribution in [3.63, 3.8) is 0 Å². The maximum Gasteiger partial charge on any atom is 0.327 e. The van der Waals surface area contributed by atoms with Gasteiger partial charge in [-0.3, -0.25) is 4.79 Å². The molecule has 0 bridgehead atoms. The summed E-state index contributed by atoms with van der Waals surface area (Å²) in [6.07, 6.45) is 2.96. The van der Waals surface area contributed by atoms with Crippen LogP contribution in [-0.2, 0) is 16.1 Å². The molecule has 2 rings (SSSR count). The summed E-state index contributed by atoms with van der Waals surface area (Å²) in [6.45, 7) is 2.09. The Morgan fingerprint density at radius 1 is 1.56 bits per heavy atom. The zero-order valence-electron chi connectivity index (χ0n) is 8.55.